The van der Waals surface area contributed by atoms with Gasteiger partial charge in [0.25, 0.3) is 0 Å². The molecule has 0 spiro atoms. The number of benzene rings is 2. The minimum absolute atomic E-state index is 0.126. The number of methoxy groups -OCH3 is 3. The van der Waals surface area contributed by atoms with E-state index in [-0.39, 0.29) is 12.3 Å². The summed E-state index contributed by atoms with van der Waals surface area (Å²) in [6.45, 7) is 0.372. The summed E-state index contributed by atoms with van der Waals surface area (Å²) in [6.07, 6.45) is 3.76. The minimum atomic E-state index is -0.126. The van der Waals surface area contributed by atoms with Gasteiger partial charge in [-0.1, -0.05) is 11.6 Å². The molecule has 0 radical (unpaired) electrons. The van der Waals surface area contributed by atoms with Gasteiger partial charge in [-0.15, -0.1) is 0 Å². The molecule has 0 aliphatic heterocycles. The molecule has 0 fully saturated rings. The van der Waals surface area contributed by atoms with E-state index in [1.807, 2.05) is 18.3 Å². The van der Waals surface area contributed by atoms with Crippen LogP contribution in [-0.2, 0) is 17.8 Å². The molecular formula is C21H22ClN3O4. The molecule has 1 aromatic heterocycles. The largest absolute Gasteiger partial charge is 0.493 e. The van der Waals surface area contributed by atoms with Crippen LogP contribution in [0.15, 0.2) is 48.8 Å². The molecule has 0 saturated heterocycles. The number of amides is 1. The Labute approximate surface area is 174 Å². The van der Waals surface area contributed by atoms with Crippen LogP contribution in [-0.4, -0.2) is 37.0 Å². The van der Waals surface area contributed by atoms with Gasteiger partial charge < -0.3 is 19.5 Å². The Balaban J connectivity index is 1.62. The fraction of sp³-hybridized carbons (Fsp3) is 0.238. The maximum Gasteiger partial charge on any atom is 0.224 e. The molecule has 0 aliphatic rings. The Bertz CT molecular complexity index is 961. The van der Waals surface area contributed by atoms with Crippen molar-refractivity contribution in [2.75, 3.05) is 21.3 Å². The Kier molecular flexibility index (Phi) is 6.61. The van der Waals surface area contributed by atoms with Crippen molar-refractivity contribution in [3.8, 4) is 22.9 Å². The fourth-order valence-corrected chi connectivity index (χ4v) is 3.00. The highest BCUT2D eigenvalue weighted by molar-refractivity contribution is 6.30. The highest BCUT2D eigenvalue weighted by atomic mass is 35.5. The average Bonchev–Trinajstić information content (AvgIpc) is 3.21. The summed E-state index contributed by atoms with van der Waals surface area (Å²) < 4.78 is 17.7. The van der Waals surface area contributed by atoms with Crippen molar-refractivity contribution in [1.82, 2.24) is 15.1 Å². The number of aromatic nitrogens is 2. The highest BCUT2D eigenvalue weighted by Gasteiger charge is 2.15. The summed E-state index contributed by atoms with van der Waals surface area (Å²) >= 11 is 5.91. The van der Waals surface area contributed by atoms with Crippen molar-refractivity contribution in [2.24, 2.45) is 0 Å². The molecule has 152 valence electrons. The molecule has 29 heavy (non-hydrogen) atoms. The topological polar surface area (TPSA) is 74.6 Å². The van der Waals surface area contributed by atoms with Crippen LogP contribution in [0.1, 0.15) is 11.1 Å². The Morgan fingerprint density at radius 2 is 1.69 bits per heavy atom. The average molecular weight is 416 g/mol. The van der Waals surface area contributed by atoms with E-state index in [2.05, 4.69) is 10.4 Å². The van der Waals surface area contributed by atoms with Crippen molar-refractivity contribution in [2.45, 2.75) is 13.0 Å². The molecule has 0 aliphatic carbocycles. The summed E-state index contributed by atoms with van der Waals surface area (Å²) in [7, 11) is 4.62. The lowest BCUT2D eigenvalue weighted by atomic mass is 10.1. The SMILES string of the molecule is COc1cc(CC(=O)NCc2cnn(-c3ccc(Cl)cc3)c2)cc(OC)c1OC. The third kappa shape index (κ3) is 5.00. The van der Waals surface area contributed by atoms with Gasteiger partial charge in [0.05, 0.1) is 39.6 Å². The number of hydrogen-bond donors (Lipinski definition) is 1. The molecule has 0 bridgehead atoms. The molecule has 3 aromatic rings. The molecular weight excluding hydrogens is 394 g/mol. The van der Waals surface area contributed by atoms with Crippen LogP contribution < -0.4 is 19.5 Å². The third-order valence-corrected chi connectivity index (χ3v) is 4.56. The van der Waals surface area contributed by atoms with Crippen molar-refractivity contribution in [3.63, 3.8) is 0 Å². The van der Waals surface area contributed by atoms with E-state index in [1.54, 1.807) is 49.4 Å². The van der Waals surface area contributed by atoms with Crippen LogP contribution >= 0.6 is 11.6 Å². The monoisotopic (exact) mass is 415 g/mol. The number of rotatable bonds is 8. The molecule has 7 nitrogen and oxygen atoms in total. The Hall–Kier alpha value is -3.19. The van der Waals surface area contributed by atoms with Crippen LogP contribution in [0.4, 0.5) is 0 Å². The van der Waals surface area contributed by atoms with Gasteiger partial charge in [0.2, 0.25) is 11.7 Å². The Morgan fingerprint density at radius 1 is 1.03 bits per heavy atom. The van der Waals surface area contributed by atoms with Gasteiger partial charge in [0.1, 0.15) is 0 Å². The molecule has 2 aromatic carbocycles. The van der Waals surface area contributed by atoms with Crippen molar-refractivity contribution in [1.29, 1.82) is 0 Å². The number of halogens is 1. The van der Waals surface area contributed by atoms with Gasteiger partial charge in [-0.25, -0.2) is 4.68 Å². The first-order chi connectivity index (χ1) is 14.0. The first-order valence-corrected chi connectivity index (χ1v) is 9.27. The lowest BCUT2D eigenvalue weighted by Gasteiger charge is -2.14. The third-order valence-electron chi connectivity index (χ3n) is 4.31. The maximum atomic E-state index is 12.4. The zero-order valence-corrected chi connectivity index (χ0v) is 17.2. The number of ether oxygens (including phenoxy) is 3. The van der Waals surface area contributed by atoms with Crippen molar-refractivity contribution >= 4 is 17.5 Å². The standard InChI is InChI=1S/C21H22ClN3O4/c1-27-18-8-14(9-19(28-2)21(18)29-3)10-20(26)23-11-15-12-24-25(13-15)17-6-4-16(22)5-7-17/h4-9,12-13H,10-11H2,1-3H3,(H,23,26). The number of nitrogens with one attached hydrogen (secondary N) is 1. The molecule has 1 amide bonds. The number of carbonyl (C=O) groups is 1. The Morgan fingerprint density at radius 3 is 2.28 bits per heavy atom. The molecule has 0 atom stereocenters. The van der Waals surface area contributed by atoms with E-state index < -0.39 is 0 Å². The van der Waals surface area contributed by atoms with E-state index in [0.29, 0.717) is 28.8 Å². The van der Waals surface area contributed by atoms with Crippen LogP contribution in [0.2, 0.25) is 5.02 Å². The fourth-order valence-electron chi connectivity index (χ4n) is 2.87. The summed E-state index contributed by atoms with van der Waals surface area (Å²) in [5.41, 5.74) is 2.54. The second-order valence-corrected chi connectivity index (χ2v) is 6.69. The summed E-state index contributed by atoms with van der Waals surface area (Å²) in [6, 6.07) is 10.9. The van der Waals surface area contributed by atoms with Crippen LogP contribution in [0.25, 0.3) is 5.69 Å². The van der Waals surface area contributed by atoms with Crippen LogP contribution in [0.5, 0.6) is 17.2 Å². The zero-order valence-electron chi connectivity index (χ0n) is 16.4. The number of hydrogen-bond acceptors (Lipinski definition) is 5. The first kappa shape index (κ1) is 20.5. The molecule has 1 N–H and O–H groups in total. The van der Waals surface area contributed by atoms with Gasteiger partial charge in [-0.3, -0.25) is 4.79 Å². The van der Waals surface area contributed by atoms with E-state index in [0.717, 1.165) is 16.8 Å². The highest BCUT2D eigenvalue weighted by Crippen LogP contribution is 2.38. The molecule has 0 unspecified atom stereocenters. The van der Waals surface area contributed by atoms with Gasteiger partial charge in [-0.2, -0.15) is 5.10 Å². The maximum absolute atomic E-state index is 12.4. The lowest BCUT2D eigenvalue weighted by Crippen LogP contribution is -2.24. The van der Waals surface area contributed by atoms with Crippen LogP contribution in [0, 0.1) is 0 Å². The number of nitrogens with zero attached hydrogens (tertiary/aromatic N) is 2. The van der Waals surface area contributed by atoms with E-state index in [4.69, 9.17) is 25.8 Å². The molecule has 3 rings (SSSR count). The van der Waals surface area contributed by atoms with Gasteiger partial charge in [0, 0.05) is 23.3 Å². The smallest absolute Gasteiger partial charge is 0.224 e. The quantitative estimate of drug-likeness (QED) is 0.610. The summed E-state index contributed by atoms with van der Waals surface area (Å²) in [5.74, 6) is 1.39. The van der Waals surface area contributed by atoms with E-state index >= 15 is 0 Å². The minimum Gasteiger partial charge on any atom is -0.493 e. The lowest BCUT2D eigenvalue weighted by molar-refractivity contribution is -0.120. The number of carbonyl (C=O) groups excluding carboxylic acids is 1. The van der Waals surface area contributed by atoms with E-state index in [1.165, 1.54) is 7.11 Å². The van der Waals surface area contributed by atoms with Gasteiger partial charge >= 0.3 is 0 Å². The normalized spacial score (nSPS) is 10.5. The predicted octanol–water partition coefficient (Wildman–Crippen LogP) is 3.41. The van der Waals surface area contributed by atoms with E-state index in [9.17, 15) is 4.79 Å². The van der Waals surface area contributed by atoms with Gasteiger partial charge in [0.15, 0.2) is 11.5 Å². The summed E-state index contributed by atoms with van der Waals surface area (Å²) in [5, 5.41) is 7.88. The second kappa shape index (κ2) is 9.34. The first-order valence-electron chi connectivity index (χ1n) is 8.89. The van der Waals surface area contributed by atoms with Crippen molar-refractivity contribution < 1.29 is 19.0 Å². The van der Waals surface area contributed by atoms with Crippen LogP contribution in [0.3, 0.4) is 0 Å². The summed E-state index contributed by atoms with van der Waals surface area (Å²) in [4.78, 5) is 12.4. The zero-order chi connectivity index (χ0) is 20.8. The molecule has 8 heteroatoms. The predicted molar refractivity (Wildman–Crippen MR) is 110 cm³/mol. The second-order valence-electron chi connectivity index (χ2n) is 6.26. The molecule has 0 saturated carbocycles. The van der Waals surface area contributed by atoms with Gasteiger partial charge in [-0.05, 0) is 42.0 Å². The van der Waals surface area contributed by atoms with Crippen molar-refractivity contribution in [3.05, 3.63) is 64.9 Å². The molecule has 1 heterocycles.